The number of ether oxygens (including phenoxy) is 1. The molecule has 0 aromatic rings. The fourth-order valence-corrected chi connectivity index (χ4v) is 1.53. The summed E-state index contributed by atoms with van der Waals surface area (Å²) in [6.07, 6.45) is 2.28. The summed E-state index contributed by atoms with van der Waals surface area (Å²) < 4.78 is 5.00. The number of rotatable bonds is 7. The van der Waals surface area contributed by atoms with E-state index >= 15 is 0 Å². The topological polar surface area (TPSA) is 75.8 Å². The smallest absolute Gasteiger partial charge is 0.324 e. The minimum Gasteiger partial charge on any atom is -0.480 e. The van der Waals surface area contributed by atoms with E-state index < -0.39 is 11.5 Å². The predicted molar refractivity (Wildman–Crippen MR) is 56.7 cm³/mol. The number of methoxy groups -OCH3 is 1. The highest BCUT2D eigenvalue weighted by atomic mass is 16.5. The molecule has 1 fully saturated rings. The molecule has 5 heteroatoms. The van der Waals surface area contributed by atoms with Crippen molar-refractivity contribution < 1.29 is 14.6 Å². The van der Waals surface area contributed by atoms with Crippen LogP contribution in [0.1, 0.15) is 19.8 Å². The summed E-state index contributed by atoms with van der Waals surface area (Å²) in [5.41, 5.74) is 4.55. The zero-order valence-electron chi connectivity index (χ0n) is 9.40. The first kappa shape index (κ1) is 12.4. The molecular formula is C10H20N2O3. The van der Waals surface area contributed by atoms with Crippen molar-refractivity contribution in [1.82, 2.24) is 4.90 Å². The monoisotopic (exact) mass is 216 g/mol. The van der Waals surface area contributed by atoms with Gasteiger partial charge in [0.05, 0.1) is 6.61 Å². The van der Waals surface area contributed by atoms with Crippen LogP contribution < -0.4 is 5.73 Å². The van der Waals surface area contributed by atoms with Gasteiger partial charge in [0.1, 0.15) is 5.54 Å². The van der Waals surface area contributed by atoms with Gasteiger partial charge in [-0.05, 0) is 19.8 Å². The van der Waals surface area contributed by atoms with Gasteiger partial charge >= 0.3 is 5.97 Å². The first-order chi connectivity index (χ1) is 6.97. The predicted octanol–water partition coefficient (Wildman–Crippen LogP) is -0.101. The van der Waals surface area contributed by atoms with Crippen LogP contribution in [-0.4, -0.2) is 54.4 Å². The number of hydrogen-bond donors (Lipinski definition) is 2. The molecule has 1 saturated carbocycles. The maximum atomic E-state index is 10.9. The molecule has 0 spiro atoms. The Bertz CT molecular complexity index is 227. The molecule has 0 aromatic heterocycles. The Balaban J connectivity index is 2.46. The van der Waals surface area contributed by atoms with Gasteiger partial charge in [0.2, 0.25) is 0 Å². The van der Waals surface area contributed by atoms with Crippen molar-refractivity contribution in [3.8, 4) is 0 Å². The molecule has 1 aliphatic carbocycles. The lowest BCUT2D eigenvalue weighted by atomic mass is 10.0. The summed E-state index contributed by atoms with van der Waals surface area (Å²) in [5, 5.41) is 8.93. The van der Waals surface area contributed by atoms with E-state index in [-0.39, 0.29) is 0 Å². The highest BCUT2D eigenvalue weighted by molar-refractivity contribution is 5.78. The highest BCUT2D eigenvalue weighted by Crippen LogP contribution is 2.27. The molecule has 0 saturated heterocycles. The summed E-state index contributed by atoms with van der Waals surface area (Å²) in [6.45, 7) is 3.31. The van der Waals surface area contributed by atoms with Gasteiger partial charge in [-0.3, -0.25) is 9.69 Å². The van der Waals surface area contributed by atoms with Gasteiger partial charge in [-0.15, -0.1) is 0 Å². The van der Waals surface area contributed by atoms with Gasteiger partial charge in [0.15, 0.2) is 0 Å². The molecule has 0 bridgehead atoms. The standard InChI is InChI=1S/C10H20N2O3/c1-10(11,9(13)14)7-12(5-6-15-2)8-3-4-8/h8H,3-7,11H2,1-2H3,(H,13,14). The number of nitrogens with two attached hydrogens (primary N) is 1. The van der Waals surface area contributed by atoms with Crippen molar-refractivity contribution in [2.24, 2.45) is 5.73 Å². The van der Waals surface area contributed by atoms with Crippen LogP contribution in [-0.2, 0) is 9.53 Å². The fraction of sp³-hybridized carbons (Fsp3) is 0.900. The maximum Gasteiger partial charge on any atom is 0.324 e. The Morgan fingerprint density at radius 1 is 1.67 bits per heavy atom. The van der Waals surface area contributed by atoms with Gasteiger partial charge in [0.25, 0.3) is 0 Å². The maximum absolute atomic E-state index is 10.9. The van der Waals surface area contributed by atoms with Crippen molar-refractivity contribution in [2.75, 3.05) is 26.8 Å². The third kappa shape index (κ3) is 3.77. The Hall–Kier alpha value is -0.650. The van der Waals surface area contributed by atoms with Gasteiger partial charge in [-0.25, -0.2) is 0 Å². The zero-order valence-corrected chi connectivity index (χ0v) is 9.40. The third-order valence-electron chi connectivity index (χ3n) is 2.67. The average molecular weight is 216 g/mol. The van der Waals surface area contributed by atoms with Crippen LogP contribution in [0.5, 0.6) is 0 Å². The van der Waals surface area contributed by atoms with Crippen LogP contribution in [0.2, 0.25) is 0 Å². The van der Waals surface area contributed by atoms with Crippen molar-refractivity contribution in [2.45, 2.75) is 31.3 Å². The molecule has 1 atom stereocenters. The van der Waals surface area contributed by atoms with E-state index in [1.807, 2.05) is 0 Å². The van der Waals surface area contributed by atoms with Crippen LogP contribution in [0.25, 0.3) is 0 Å². The second kappa shape index (κ2) is 4.92. The Morgan fingerprint density at radius 2 is 2.27 bits per heavy atom. The largest absolute Gasteiger partial charge is 0.480 e. The Kier molecular flexibility index (Phi) is 4.07. The van der Waals surface area contributed by atoms with E-state index in [2.05, 4.69) is 4.90 Å². The van der Waals surface area contributed by atoms with E-state index in [1.165, 1.54) is 0 Å². The normalized spacial score (nSPS) is 20.3. The summed E-state index contributed by atoms with van der Waals surface area (Å²) in [4.78, 5) is 13.0. The van der Waals surface area contributed by atoms with E-state index in [1.54, 1.807) is 14.0 Å². The van der Waals surface area contributed by atoms with E-state index in [4.69, 9.17) is 15.6 Å². The molecule has 88 valence electrons. The van der Waals surface area contributed by atoms with Crippen molar-refractivity contribution in [3.63, 3.8) is 0 Å². The number of carboxylic acids is 1. The lowest BCUT2D eigenvalue weighted by Crippen LogP contribution is -2.54. The average Bonchev–Trinajstić information content (AvgIpc) is 2.94. The lowest BCUT2D eigenvalue weighted by Gasteiger charge is -2.29. The lowest BCUT2D eigenvalue weighted by molar-refractivity contribution is -0.143. The van der Waals surface area contributed by atoms with E-state index in [9.17, 15) is 4.79 Å². The van der Waals surface area contributed by atoms with Crippen LogP contribution in [0.3, 0.4) is 0 Å². The second-order valence-electron chi connectivity index (χ2n) is 4.42. The van der Waals surface area contributed by atoms with Gasteiger partial charge < -0.3 is 15.6 Å². The molecule has 1 unspecified atom stereocenters. The van der Waals surface area contributed by atoms with Crippen molar-refractivity contribution in [1.29, 1.82) is 0 Å². The summed E-state index contributed by atoms with van der Waals surface area (Å²) in [7, 11) is 1.64. The summed E-state index contributed by atoms with van der Waals surface area (Å²) in [6, 6.07) is 0.502. The van der Waals surface area contributed by atoms with Crippen molar-refractivity contribution in [3.05, 3.63) is 0 Å². The zero-order chi connectivity index (χ0) is 11.5. The van der Waals surface area contributed by atoms with Crippen molar-refractivity contribution >= 4 is 5.97 Å². The molecule has 0 radical (unpaired) electrons. The van der Waals surface area contributed by atoms with E-state index in [0.29, 0.717) is 19.2 Å². The first-order valence-corrected chi connectivity index (χ1v) is 5.22. The van der Waals surface area contributed by atoms with Crippen LogP contribution in [0.4, 0.5) is 0 Å². The van der Waals surface area contributed by atoms with Crippen LogP contribution >= 0.6 is 0 Å². The third-order valence-corrected chi connectivity index (χ3v) is 2.67. The molecule has 0 aliphatic heterocycles. The second-order valence-corrected chi connectivity index (χ2v) is 4.42. The van der Waals surface area contributed by atoms with Crippen LogP contribution in [0.15, 0.2) is 0 Å². The SMILES string of the molecule is COCCN(CC(C)(N)C(=O)O)C1CC1. The molecule has 15 heavy (non-hydrogen) atoms. The quantitative estimate of drug-likeness (QED) is 0.621. The highest BCUT2D eigenvalue weighted by Gasteiger charge is 2.36. The molecule has 1 aliphatic rings. The fourth-order valence-electron chi connectivity index (χ4n) is 1.53. The Labute approximate surface area is 90.2 Å². The number of nitrogens with zero attached hydrogens (tertiary/aromatic N) is 1. The van der Waals surface area contributed by atoms with Gasteiger partial charge in [-0.1, -0.05) is 0 Å². The summed E-state index contributed by atoms with van der Waals surface area (Å²) >= 11 is 0. The number of aliphatic carboxylic acids is 1. The minimum absolute atomic E-state index is 0.385. The van der Waals surface area contributed by atoms with Crippen LogP contribution in [0, 0.1) is 0 Å². The van der Waals surface area contributed by atoms with E-state index in [0.717, 1.165) is 19.4 Å². The molecule has 0 aromatic carbocycles. The molecule has 3 N–H and O–H groups in total. The number of carboxylic acid groups (broad SMARTS) is 1. The van der Waals surface area contributed by atoms with Gasteiger partial charge in [-0.2, -0.15) is 0 Å². The minimum atomic E-state index is -1.17. The Morgan fingerprint density at radius 3 is 2.67 bits per heavy atom. The summed E-state index contributed by atoms with van der Waals surface area (Å²) in [5.74, 6) is -0.953. The number of carbonyl (C=O) groups is 1. The molecule has 0 heterocycles. The molecular weight excluding hydrogens is 196 g/mol. The van der Waals surface area contributed by atoms with Gasteiger partial charge in [0, 0.05) is 26.2 Å². The number of hydrogen-bond acceptors (Lipinski definition) is 4. The molecule has 1 rings (SSSR count). The first-order valence-electron chi connectivity index (χ1n) is 5.22. The molecule has 0 amide bonds. The molecule has 5 nitrogen and oxygen atoms in total.